The Kier molecular flexibility index (Phi) is 6.02. The molecular weight excluding hydrogens is 226 g/mol. The van der Waals surface area contributed by atoms with Crippen LogP contribution in [0.1, 0.15) is 5.56 Å². The van der Waals surface area contributed by atoms with E-state index in [1.54, 1.807) is 6.08 Å². The predicted molar refractivity (Wildman–Crippen MR) is 71.2 cm³/mol. The summed E-state index contributed by atoms with van der Waals surface area (Å²) in [6.45, 7) is 4.66. The first-order valence-electron chi connectivity index (χ1n) is 5.60. The number of esters is 1. The molecule has 0 bridgehead atoms. The van der Waals surface area contributed by atoms with E-state index >= 15 is 0 Å². The maximum Gasteiger partial charge on any atom is 0.336 e. The predicted octanol–water partition coefficient (Wildman–Crippen LogP) is 0.953. The summed E-state index contributed by atoms with van der Waals surface area (Å²) in [5.74, 6) is 2.44. The Labute approximate surface area is 107 Å². The van der Waals surface area contributed by atoms with Crippen molar-refractivity contribution < 1.29 is 14.8 Å². The van der Waals surface area contributed by atoms with E-state index in [1.807, 2.05) is 35.6 Å². The van der Waals surface area contributed by atoms with Crippen molar-refractivity contribution in [3.63, 3.8) is 0 Å². The highest BCUT2D eigenvalue weighted by Gasteiger charge is 2.02. The van der Waals surface area contributed by atoms with Crippen LogP contribution in [0, 0.1) is 12.3 Å². The summed E-state index contributed by atoms with van der Waals surface area (Å²) >= 11 is 0. The van der Waals surface area contributed by atoms with Crippen LogP contribution in [0.4, 0.5) is 0 Å². The zero-order chi connectivity index (χ0) is 13.2. The Bertz CT molecular complexity index is 469. The van der Waals surface area contributed by atoms with Gasteiger partial charge in [-0.3, -0.25) is 0 Å². The Hall–Kier alpha value is -2.31. The average Bonchev–Trinajstić information content (AvgIpc) is 2.38. The van der Waals surface area contributed by atoms with Crippen LogP contribution >= 0.6 is 0 Å². The van der Waals surface area contributed by atoms with Crippen LogP contribution in [-0.2, 0) is 9.53 Å². The second-order valence-electron chi connectivity index (χ2n) is 3.60. The van der Waals surface area contributed by atoms with E-state index in [0.29, 0.717) is 18.8 Å². The van der Waals surface area contributed by atoms with Crippen molar-refractivity contribution in [3.05, 3.63) is 54.3 Å². The van der Waals surface area contributed by atoms with Gasteiger partial charge >= 0.3 is 5.97 Å². The number of carbonyl (C=O) groups excluding carboxylic acids is 1. The van der Waals surface area contributed by atoms with Crippen molar-refractivity contribution >= 4 is 12.0 Å². The molecule has 18 heavy (non-hydrogen) atoms. The van der Waals surface area contributed by atoms with Gasteiger partial charge in [-0.05, 0) is 17.6 Å². The Morgan fingerprint density at radius 1 is 1.44 bits per heavy atom. The van der Waals surface area contributed by atoms with Gasteiger partial charge in [-0.2, -0.15) is 0 Å². The van der Waals surface area contributed by atoms with Gasteiger partial charge in [0.25, 0.3) is 0 Å². The zero-order valence-corrected chi connectivity index (χ0v) is 10.1. The number of hydrogen-bond acceptors (Lipinski definition) is 2. The quantitative estimate of drug-likeness (QED) is 0.265. The number of terminal acetylenes is 1. The number of hydrogen-bond donors (Lipinski definition) is 1. The summed E-state index contributed by atoms with van der Waals surface area (Å²) in [5.41, 5.74) is 0.943. The average molecular weight is 242 g/mol. The van der Waals surface area contributed by atoms with Gasteiger partial charge in [-0.1, -0.05) is 36.9 Å². The second kappa shape index (κ2) is 7.88. The molecule has 0 heterocycles. The lowest BCUT2D eigenvalue weighted by Gasteiger charge is -2.02. The highest BCUT2D eigenvalue weighted by molar-refractivity contribution is 5.87. The first kappa shape index (κ1) is 13.8. The van der Waals surface area contributed by atoms with Crippen molar-refractivity contribution in [2.45, 2.75) is 0 Å². The maximum atomic E-state index is 11.4. The number of nitrogens with two attached hydrogens (primary N) is 1. The molecule has 0 aliphatic heterocycles. The number of rotatable bonds is 6. The lowest BCUT2D eigenvalue weighted by molar-refractivity contribution is -0.639. The number of benzene rings is 1. The molecule has 2 N–H and O–H groups in total. The van der Waals surface area contributed by atoms with E-state index in [1.165, 1.54) is 6.08 Å². The van der Waals surface area contributed by atoms with Crippen LogP contribution in [0.5, 0.6) is 0 Å². The molecule has 0 spiro atoms. The minimum atomic E-state index is -0.432. The molecule has 0 amide bonds. The van der Waals surface area contributed by atoms with Crippen molar-refractivity contribution in [1.82, 2.24) is 0 Å². The van der Waals surface area contributed by atoms with Crippen LogP contribution < -0.4 is 5.32 Å². The summed E-state index contributed by atoms with van der Waals surface area (Å²) in [5, 5.41) is 1.83. The van der Waals surface area contributed by atoms with Crippen molar-refractivity contribution in [2.24, 2.45) is 0 Å². The fourth-order valence-corrected chi connectivity index (χ4v) is 1.26. The normalized spacial score (nSPS) is 9.94. The molecule has 0 unspecified atom stereocenters. The highest BCUT2D eigenvalue weighted by atomic mass is 16.5. The number of quaternary nitrogens is 1. The molecule has 0 atom stereocenters. The lowest BCUT2D eigenvalue weighted by atomic mass is 10.2. The minimum Gasteiger partial charge on any atom is -0.422 e. The van der Waals surface area contributed by atoms with Crippen LogP contribution in [0.3, 0.4) is 0 Å². The summed E-state index contributed by atoms with van der Waals surface area (Å²) in [4.78, 5) is 11.4. The molecule has 1 aromatic rings. The molecule has 92 valence electrons. The molecule has 0 saturated carbocycles. The Balaban J connectivity index is 2.36. The first-order chi connectivity index (χ1) is 8.72. The second-order valence-corrected chi connectivity index (χ2v) is 3.60. The molecule has 0 aliphatic carbocycles. The molecule has 0 fully saturated rings. The fraction of sp³-hybridized carbons (Fsp3) is 0.133. The van der Waals surface area contributed by atoms with Crippen molar-refractivity contribution in [3.8, 4) is 12.3 Å². The fourth-order valence-electron chi connectivity index (χ4n) is 1.26. The van der Waals surface area contributed by atoms with E-state index in [2.05, 4.69) is 12.5 Å². The van der Waals surface area contributed by atoms with Gasteiger partial charge in [0.1, 0.15) is 13.1 Å². The SMILES string of the molecule is C#CC[NH2+]CC(=C)OC(=O)/C=C/c1ccccc1. The van der Waals surface area contributed by atoms with E-state index in [-0.39, 0.29) is 0 Å². The van der Waals surface area contributed by atoms with E-state index in [9.17, 15) is 4.79 Å². The molecular formula is C15H16NO2+. The van der Waals surface area contributed by atoms with E-state index in [0.717, 1.165) is 5.56 Å². The van der Waals surface area contributed by atoms with Gasteiger partial charge in [0.05, 0.1) is 0 Å². The highest BCUT2D eigenvalue weighted by Crippen LogP contribution is 2.01. The number of carbonyl (C=O) groups is 1. The lowest BCUT2D eigenvalue weighted by Crippen LogP contribution is -2.84. The van der Waals surface area contributed by atoms with Gasteiger partial charge < -0.3 is 10.1 Å². The topological polar surface area (TPSA) is 42.9 Å². The molecule has 3 heteroatoms. The molecule has 1 rings (SSSR count). The van der Waals surface area contributed by atoms with Crippen LogP contribution in [0.2, 0.25) is 0 Å². The molecule has 3 nitrogen and oxygen atoms in total. The molecule has 1 aromatic carbocycles. The standard InChI is InChI=1S/C15H15NO2/c1-3-11-16-12-13(2)18-15(17)10-9-14-7-5-4-6-8-14/h1,4-10,16H,2,11-12H2/p+1/b10-9+. The van der Waals surface area contributed by atoms with E-state index < -0.39 is 5.97 Å². The summed E-state index contributed by atoms with van der Waals surface area (Å²) in [7, 11) is 0. The third-order valence-corrected chi connectivity index (χ3v) is 2.09. The van der Waals surface area contributed by atoms with Crippen LogP contribution in [-0.4, -0.2) is 19.1 Å². The van der Waals surface area contributed by atoms with Gasteiger partial charge in [-0.25, -0.2) is 4.79 Å². The monoisotopic (exact) mass is 242 g/mol. The van der Waals surface area contributed by atoms with E-state index in [4.69, 9.17) is 11.2 Å². The third-order valence-electron chi connectivity index (χ3n) is 2.09. The van der Waals surface area contributed by atoms with Gasteiger partial charge in [0, 0.05) is 6.08 Å². The van der Waals surface area contributed by atoms with Crippen molar-refractivity contribution in [1.29, 1.82) is 0 Å². The third kappa shape index (κ3) is 5.69. The summed E-state index contributed by atoms with van der Waals surface area (Å²) < 4.78 is 5.00. The van der Waals surface area contributed by atoms with Crippen LogP contribution in [0.25, 0.3) is 6.08 Å². The number of ether oxygens (including phenoxy) is 1. The van der Waals surface area contributed by atoms with Crippen LogP contribution in [0.15, 0.2) is 48.7 Å². The molecule has 0 aliphatic rings. The maximum absolute atomic E-state index is 11.4. The smallest absolute Gasteiger partial charge is 0.336 e. The van der Waals surface area contributed by atoms with Crippen molar-refractivity contribution in [2.75, 3.05) is 13.1 Å². The molecule has 0 radical (unpaired) electrons. The van der Waals surface area contributed by atoms with Gasteiger partial charge in [-0.15, -0.1) is 6.42 Å². The Morgan fingerprint density at radius 3 is 2.83 bits per heavy atom. The van der Waals surface area contributed by atoms with Gasteiger partial charge in [0.15, 0.2) is 5.76 Å². The largest absolute Gasteiger partial charge is 0.422 e. The summed E-state index contributed by atoms with van der Waals surface area (Å²) in [6.07, 6.45) is 8.17. The molecule has 0 aromatic heterocycles. The molecule has 0 saturated heterocycles. The minimum absolute atomic E-state index is 0.396. The summed E-state index contributed by atoms with van der Waals surface area (Å²) in [6, 6.07) is 9.52. The first-order valence-corrected chi connectivity index (χ1v) is 5.60. The Morgan fingerprint density at radius 2 is 2.17 bits per heavy atom. The van der Waals surface area contributed by atoms with Gasteiger partial charge in [0.2, 0.25) is 0 Å². The zero-order valence-electron chi connectivity index (χ0n) is 10.1.